The van der Waals surface area contributed by atoms with Crippen molar-refractivity contribution >= 4 is 16.9 Å². The van der Waals surface area contributed by atoms with E-state index in [1.54, 1.807) is 17.9 Å². The minimum absolute atomic E-state index is 0.117. The third kappa shape index (κ3) is 2.83. The van der Waals surface area contributed by atoms with Gasteiger partial charge in [-0.15, -0.1) is 0 Å². The molecule has 0 saturated carbocycles. The van der Waals surface area contributed by atoms with Crippen LogP contribution in [0.5, 0.6) is 0 Å². The molecular formula is C19H21N5O4. The van der Waals surface area contributed by atoms with Crippen LogP contribution in [0.25, 0.3) is 11.0 Å². The molecule has 1 amide bonds. The summed E-state index contributed by atoms with van der Waals surface area (Å²) in [6, 6.07) is 1.59. The van der Waals surface area contributed by atoms with Gasteiger partial charge in [-0.05, 0) is 13.0 Å². The van der Waals surface area contributed by atoms with Gasteiger partial charge in [0.25, 0.3) is 11.5 Å². The molecule has 28 heavy (non-hydrogen) atoms. The Bertz CT molecular complexity index is 1220. The lowest BCUT2D eigenvalue weighted by Crippen LogP contribution is -2.37. The van der Waals surface area contributed by atoms with E-state index in [1.165, 1.54) is 11.6 Å². The van der Waals surface area contributed by atoms with E-state index in [1.807, 2.05) is 13.8 Å². The van der Waals surface area contributed by atoms with Crippen LogP contribution in [-0.2, 0) is 20.0 Å². The molecule has 1 aliphatic rings. The number of amides is 1. The van der Waals surface area contributed by atoms with Gasteiger partial charge < -0.3 is 9.32 Å². The number of carbonyl (C=O) groups excluding carboxylic acids is 1. The molecule has 3 aromatic rings. The van der Waals surface area contributed by atoms with E-state index < -0.39 is 11.2 Å². The Kier molecular flexibility index (Phi) is 4.17. The van der Waals surface area contributed by atoms with Crippen LogP contribution >= 0.6 is 0 Å². The molecule has 0 spiro atoms. The molecular weight excluding hydrogens is 362 g/mol. The Morgan fingerprint density at radius 2 is 2.04 bits per heavy atom. The van der Waals surface area contributed by atoms with E-state index in [4.69, 9.17) is 4.42 Å². The van der Waals surface area contributed by atoms with Crippen molar-refractivity contribution in [2.75, 3.05) is 6.54 Å². The molecule has 9 nitrogen and oxygen atoms in total. The summed E-state index contributed by atoms with van der Waals surface area (Å²) in [7, 11) is 1.51. The fourth-order valence-electron chi connectivity index (χ4n) is 3.44. The number of H-pyrrole nitrogens is 1. The zero-order valence-corrected chi connectivity index (χ0v) is 16.2. The van der Waals surface area contributed by atoms with E-state index in [9.17, 15) is 14.4 Å². The molecule has 4 rings (SSSR count). The van der Waals surface area contributed by atoms with Crippen LogP contribution in [-0.4, -0.2) is 36.9 Å². The normalized spacial score (nSPS) is 14.0. The maximum Gasteiger partial charge on any atom is 0.329 e. The number of pyridine rings is 1. The van der Waals surface area contributed by atoms with Crippen molar-refractivity contribution in [2.45, 2.75) is 39.7 Å². The first kappa shape index (κ1) is 18.1. The first-order valence-corrected chi connectivity index (χ1v) is 9.14. The molecule has 0 unspecified atom stereocenters. The third-order valence-corrected chi connectivity index (χ3v) is 4.95. The van der Waals surface area contributed by atoms with Crippen molar-refractivity contribution in [2.24, 2.45) is 7.05 Å². The third-order valence-electron chi connectivity index (χ3n) is 4.95. The lowest BCUT2D eigenvalue weighted by molar-refractivity contribution is 0.0729. The van der Waals surface area contributed by atoms with Gasteiger partial charge in [-0.3, -0.25) is 19.1 Å². The summed E-state index contributed by atoms with van der Waals surface area (Å²) < 4.78 is 7.02. The zero-order valence-electron chi connectivity index (χ0n) is 16.2. The summed E-state index contributed by atoms with van der Waals surface area (Å²) in [5, 5.41) is 0.117. The number of hydrogen-bond donors (Lipinski definition) is 1. The van der Waals surface area contributed by atoms with Crippen LogP contribution < -0.4 is 11.2 Å². The number of fused-ring (bicyclic) bond motifs is 2. The maximum absolute atomic E-state index is 13.3. The van der Waals surface area contributed by atoms with E-state index >= 15 is 0 Å². The van der Waals surface area contributed by atoms with Gasteiger partial charge in [0.1, 0.15) is 17.1 Å². The molecule has 0 saturated heterocycles. The minimum Gasteiger partial charge on any atom is -0.445 e. The molecule has 0 aliphatic carbocycles. The second-order valence-corrected chi connectivity index (χ2v) is 7.38. The molecule has 9 heteroatoms. The van der Waals surface area contributed by atoms with Crippen molar-refractivity contribution in [3.8, 4) is 0 Å². The molecule has 0 fully saturated rings. The average Bonchev–Trinajstić information content (AvgIpc) is 3.08. The monoisotopic (exact) mass is 383 g/mol. The van der Waals surface area contributed by atoms with Crippen LogP contribution in [0.3, 0.4) is 0 Å². The predicted molar refractivity (Wildman–Crippen MR) is 101 cm³/mol. The fourth-order valence-corrected chi connectivity index (χ4v) is 3.44. The number of aromatic amines is 1. The predicted octanol–water partition coefficient (Wildman–Crippen LogP) is 1.24. The molecule has 0 radical (unpaired) electrons. The van der Waals surface area contributed by atoms with Crippen molar-refractivity contribution in [3.63, 3.8) is 0 Å². The summed E-state index contributed by atoms with van der Waals surface area (Å²) in [6.45, 7) is 6.51. The molecule has 146 valence electrons. The highest BCUT2D eigenvalue weighted by Gasteiger charge is 2.28. The van der Waals surface area contributed by atoms with E-state index in [-0.39, 0.29) is 28.4 Å². The van der Waals surface area contributed by atoms with Crippen molar-refractivity contribution in [3.05, 3.63) is 55.5 Å². The van der Waals surface area contributed by atoms with Crippen LogP contribution in [0.2, 0.25) is 0 Å². The van der Waals surface area contributed by atoms with E-state index in [0.29, 0.717) is 31.1 Å². The summed E-state index contributed by atoms with van der Waals surface area (Å²) in [5.74, 6) is 1.35. The van der Waals surface area contributed by atoms with Crippen LogP contribution in [0.15, 0.2) is 20.1 Å². The number of hydrogen-bond acceptors (Lipinski definition) is 6. The summed E-state index contributed by atoms with van der Waals surface area (Å²) in [5.41, 5.74) is 0.543. The van der Waals surface area contributed by atoms with Crippen molar-refractivity contribution in [1.82, 2.24) is 24.4 Å². The summed E-state index contributed by atoms with van der Waals surface area (Å²) in [4.78, 5) is 50.3. The van der Waals surface area contributed by atoms with Crippen LogP contribution in [0, 0.1) is 6.92 Å². The lowest BCUT2D eigenvalue weighted by Gasteiger charge is -2.26. The molecule has 0 atom stereocenters. The van der Waals surface area contributed by atoms with E-state index in [2.05, 4.69) is 15.0 Å². The zero-order chi connectivity index (χ0) is 20.2. The van der Waals surface area contributed by atoms with Gasteiger partial charge in [-0.2, -0.15) is 0 Å². The van der Waals surface area contributed by atoms with Gasteiger partial charge in [0.05, 0.1) is 17.5 Å². The maximum atomic E-state index is 13.3. The van der Waals surface area contributed by atoms with Gasteiger partial charge in [-0.1, -0.05) is 13.8 Å². The molecule has 0 bridgehead atoms. The number of carbonyl (C=O) groups is 1. The molecule has 1 N–H and O–H groups in total. The van der Waals surface area contributed by atoms with Gasteiger partial charge >= 0.3 is 5.69 Å². The molecule has 1 aliphatic heterocycles. The first-order valence-electron chi connectivity index (χ1n) is 9.14. The SMILES string of the molecule is Cc1cc(C(=O)N2CCc3oc(C(C)C)nc3C2)c2c(=O)[nH]c(=O)n(C)c2n1. The second kappa shape index (κ2) is 6.43. The highest BCUT2D eigenvalue weighted by atomic mass is 16.4. The number of nitrogens with one attached hydrogen (secondary N) is 1. The van der Waals surface area contributed by atoms with Crippen LogP contribution in [0.1, 0.15) is 53.2 Å². The van der Waals surface area contributed by atoms with Crippen molar-refractivity contribution < 1.29 is 9.21 Å². The largest absolute Gasteiger partial charge is 0.445 e. The fraction of sp³-hybridized carbons (Fsp3) is 0.421. The second-order valence-electron chi connectivity index (χ2n) is 7.38. The molecule has 0 aromatic carbocycles. The Morgan fingerprint density at radius 3 is 2.75 bits per heavy atom. The van der Waals surface area contributed by atoms with Gasteiger partial charge in [0.15, 0.2) is 5.89 Å². The average molecular weight is 383 g/mol. The van der Waals surface area contributed by atoms with Gasteiger partial charge in [0.2, 0.25) is 0 Å². The Labute approximate surface area is 160 Å². The lowest BCUT2D eigenvalue weighted by atomic mass is 10.1. The highest BCUT2D eigenvalue weighted by molar-refractivity contribution is 6.05. The Balaban J connectivity index is 1.78. The van der Waals surface area contributed by atoms with Crippen molar-refractivity contribution in [1.29, 1.82) is 0 Å². The topological polar surface area (TPSA) is 114 Å². The Morgan fingerprint density at radius 1 is 1.29 bits per heavy atom. The first-order chi connectivity index (χ1) is 13.3. The Hall–Kier alpha value is -3.23. The quantitative estimate of drug-likeness (QED) is 0.712. The number of nitrogens with zero attached hydrogens (tertiary/aromatic N) is 4. The van der Waals surface area contributed by atoms with Gasteiger partial charge in [0, 0.05) is 31.6 Å². The summed E-state index contributed by atoms with van der Waals surface area (Å²) >= 11 is 0. The van der Waals surface area contributed by atoms with Gasteiger partial charge in [-0.25, -0.2) is 14.8 Å². The molecule has 4 heterocycles. The highest BCUT2D eigenvalue weighted by Crippen LogP contribution is 2.25. The van der Waals surface area contributed by atoms with Crippen LogP contribution in [0.4, 0.5) is 0 Å². The number of aryl methyl sites for hydroxylation is 2. The number of rotatable bonds is 2. The smallest absolute Gasteiger partial charge is 0.329 e. The summed E-state index contributed by atoms with van der Waals surface area (Å²) in [6.07, 6.45) is 0.567. The number of oxazole rings is 1. The van der Waals surface area contributed by atoms with E-state index in [0.717, 1.165) is 11.5 Å². The molecule has 3 aromatic heterocycles. The number of aromatic nitrogens is 4. The standard InChI is InChI=1S/C19H21N5O4/c1-9(2)17-21-12-8-24(6-5-13(12)28-17)18(26)11-7-10(3)20-15-14(11)16(25)22-19(27)23(15)4/h7,9H,5-6,8H2,1-4H3,(H,22,25,27). The minimum atomic E-state index is -0.616.